The molecule has 0 atom stereocenters. The highest BCUT2D eigenvalue weighted by Crippen LogP contribution is 2.47. The Morgan fingerprint density at radius 2 is 1.06 bits per heavy atom. The normalized spacial score (nSPS) is 12.8. The van der Waals surface area contributed by atoms with Crippen molar-refractivity contribution in [2.45, 2.75) is 0 Å². The van der Waals surface area contributed by atoms with Gasteiger partial charge in [0.2, 0.25) is 0 Å². The summed E-state index contributed by atoms with van der Waals surface area (Å²) in [5.41, 5.74) is 6.64. The van der Waals surface area contributed by atoms with Gasteiger partial charge in [0.1, 0.15) is 22.3 Å². The van der Waals surface area contributed by atoms with Crippen molar-refractivity contribution in [2.24, 2.45) is 0 Å². The van der Waals surface area contributed by atoms with Crippen LogP contribution in [-0.4, -0.2) is 0 Å². The van der Waals surface area contributed by atoms with Gasteiger partial charge in [-0.2, -0.15) is 0 Å². The Balaban J connectivity index is 1.29. The smallest absolute Gasteiger partial charge is 0.143 e. The average Bonchev–Trinajstić information content (AvgIpc) is 3.79. The summed E-state index contributed by atoms with van der Waals surface area (Å²) in [6.07, 6.45) is 0. The Hall–Kier alpha value is -6.58. The predicted octanol–water partition coefficient (Wildman–Crippen LogP) is 13.4. The summed E-state index contributed by atoms with van der Waals surface area (Å²) in [5, 5.41) is 5.51. The molecule has 10 rings (SSSR count). The molecule has 0 unspecified atom stereocenters. The molecule has 3 heteroatoms. The maximum absolute atomic E-state index is 9.70. The van der Waals surface area contributed by atoms with Crippen molar-refractivity contribution in [3.8, 4) is 22.3 Å². The Labute approximate surface area is 288 Å². The number of hydrogen-bond acceptors (Lipinski definition) is 3. The fourth-order valence-electron chi connectivity index (χ4n) is 7.12. The molecule has 10 aromatic rings. The van der Waals surface area contributed by atoms with Crippen molar-refractivity contribution in [3.05, 3.63) is 176 Å². The van der Waals surface area contributed by atoms with E-state index < -0.39 is 0 Å². The molecule has 2 heterocycles. The van der Waals surface area contributed by atoms with Gasteiger partial charge in [-0.3, -0.25) is 0 Å². The van der Waals surface area contributed by atoms with E-state index in [0.717, 1.165) is 49.0 Å². The van der Waals surface area contributed by atoms with Crippen LogP contribution in [0.2, 0.25) is 0 Å². The lowest BCUT2D eigenvalue weighted by Crippen LogP contribution is -2.11. The third-order valence-corrected chi connectivity index (χ3v) is 9.34. The standard InChI is InChI=1S/C46H29NO2/c1-2-12-30(13-3-1)34-15-6-8-20-40(34)47(41-21-11-23-43-44(41)39-29-26-31-14-4-5-16-35(31)46(39)49-43)33-27-24-32(25-28-33)36-18-10-19-38-37-17-7-9-22-42(37)48-45(36)38/h1-29H/i24D,25D,27D,28D. The lowest BCUT2D eigenvalue weighted by Gasteiger charge is -2.28. The van der Waals surface area contributed by atoms with Gasteiger partial charge in [0.05, 0.1) is 22.2 Å². The topological polar surface area (TPSA) is 29.5 Å². The monoisotopic (exact) mass is 631 g/mol. The van der Waals surface area contributed by atoms with Crippen LogP contribution in [0.5, 0.6) is 0 Å². The second-order valence-corrected chi connectivity index (χ2v) is 12.1. The van der Waals surface area contributed by atoms with Crippen LogP contribution in [0.15, 0.2) is 185 Å². The third kappa shape index (κ3) is 4.37. The van der Waals surface area contributed by atoms with E-state index in [2.05, 4.69) is 18.2 Å². The maximum Gasteiger partial charge on any atom is 0.143 e. The zero-order chi connectivity index (χ0) is 35.8. The zero-order valence-corrected chi connectivity index (χ0v) is 26.2. The molecule has 0 N–H and O–H groups in total. The van der Waals surface area contributed by atoms with E-state index in [9.17, 15) is 5.48 Å². The van der Waals surface area contributed by atoms with E-state index in [1.165, 1.54) is 0 Å². The molecule has 2 aromatic heterocycles. The van der Waals surface area contributed by atoms with Gasteiger partial charge in [0.15, 0.2) is 0 Å². The fourth-order valence-corrected chi connectivity index (χ4v) is 7.12. The van der Waals surface area contributed by atoms with Crippen LogP contribution >= 0.6 is 0 Å². The Kier molecular flexibility index (Phi) is 5.32. The molecule has 0 bridgehead atoms. The second-order valence-electron chi connectivity index (χ2n) is 12.1. The minimum absolute atomic E-state index is 0.131. The van der Waals surface area contributed by atoms with Crippen molar-refractivity contribution in [3.63, 3.8) is 0 Å². The van der Waals surface area contributed by atoms with Crippen molar-refractivity contribution in [1.29, 1.82) is 0 Å². The van der Waals surface area contributed by atoms with E-state index in [1.807, 2.05) is 132 Å². The summed E-state index contributed by atoms with van der Waals surface area (Å²) < 4.78 is 51.4. The van der Waals surface area contributed by atoms with Crippen LogP contribution < -0.4 is 4.90 Å². The van der Waals surface area contributed by atoms with Crippen LogP contribution in [-0.2, 0) is 0 Å². The SMILES string of the molecule is [2H]c1c([2H])c(N(c2ccccc2-c2ccccc2)c2cccc3oc4c5ccccc5ccc4c23)c([2H])c([2H])c1-c1cccc2c1oc1ccccc12. The number of anilines is 3. The van der Waals surface area contributed by atoms with Gasteiger partial charge < -0.3 is 13.7 Å². The summed E-state index contributed by atoms with van der Waals surface area (Å²) >= 11 is 0. The number of rotatable bonds is 5. The lowest BCUT2D eigenvalue weighted by atomic mass is 9.99. The highest BCUT2D eigenvalue weighted by atomic mass is 16.3. The molecule has 0 radical (unpaired) electrons. The first kappa shape index (κ1) is 23.7. The first-order chi connectivity index (χ1) is 26.0. The van der Waals surface area contributed by atoms with Crippen molar-refractivity contribution in [1.82, 2.24) is 0 Å². The molecule has 49 heavy (non-hydrogen) atoms. The molecule has 8 aromatic carbocycles. The molecular formula is C46H29NO2. The summed E-state index contributed by atoms with van der Waals surface area (Å²) in [4.78, 5) is 1.88. The van der Waals surface area contributed by atoms with Crippen LogP contribution in [0.1, 0.15) is 5.48 Å². The van der Waals surface area contributed by atoms with E-state index in [4.69, 9.17) is 8.83 Å². The van der Waals surface area contributed by atoms with E-state index >= 15 is 0 Å². The van der Waals surface area contributed by atoms with Crippen molar-refractivity contribution in [2.75, 3.05) is 4.90 Å². The number of hydrogen-bond donors (Lipinski definition) is 0. The number of nitrogens with zero attached hydrogens (tertiary/aromatic N) is 1. The Morgan fingerprint density at radius 1 is 0.408 bits per heavy atom. The predicted molar refractivity (Wildman–Crippen MR) is 204 cm³/mol. The van der Waals surface area contributed by atoms with Crippen molar-refractivity contribution < 1.29 is 14.3 Å². The van der Waals surface area contributed by atoms with E-state index in [-0.39, 0.29) is 35.4 Å². The minimum Gasteiger partial charge on any atom is -0.455 e. The van der Waals surface area contributed by atoms with Gasteiger partial charge in [0.25, 0.3) is 0 Å². The van der Waals surface area contributed by atoms with Crippen molar-refractivity contribution >= 4 is 71.7 Å². The van der Waals surface area contributed by atoms with Gasteiger partial charge >= 0.3 is 0 Å². The molecule has 0 aliphatic carbocycles. The summed E-state index contributed by atoms with van der Waals surface area (Å²) in [7, 11) is 0. The number of benzene rings is 8. The lowest BCUT2D eigenvalue weighted by molar-refractivity contribution is 0.670. The maximum atomic E-state index is 9.70. The van der Waals surface area contributed by atoms with Gasteiger partial charge in [-0.05, 0) is 58.9 Å². The summed E-state index contributed by atoms with van der Waals surface area (Å²) in [6.45, 7) is 0. The Morgan fingerprint density at radius 3 is 1.96 bits per heavy atom. The number of para-hydroxylation sites is 3. The van der Waals surface area contributed by atoms with E-state index in [1.54, 1.807) is 6.07 Å². The van der Waals surface area contributed by atoms with Gasteiger partial charge in [-0.25, -0.2) is 0 Å². The molecule has 3 nitrogen and oxygen atoms in total. The Bertz CT molecular complexity index is 3050. The van der Waals surface area contributed by atoms with Crippen LogP contribution in [0.4, 0.5) is 17.1 Å². The molecule has 0 fully saturated rings. The zero-order valence-electron chi connectivity index (χ0n) is 30.2. The van der Waals surface area contributed by atoms with Crippen LogP contribution in [0.25, 0.3) is 76.9 Å². The highest BCUT2D eigenvalue weighted by Gasteiger charge is 2.23. The average molecular weight is 632 g/mol. The molecule has 0 saturated heterocycles. The molecule has 0 saturated carbocycles. The molecule has 0 spiro atoms. The molecule has 0 aliphatic rings. The number of furan rings is 2. The highest BCUT2D eigenvalue weighted by molar-refractivity contribution is 6.20. The molecule has 230 valence electrons. The molecular weight excluding hydrogens is 599 g/mol. The second kappa shape index (κ2) is 11.0. The minimum atomic E-state index is -0.174. The van der Waals surface area contributed by atoms with Gasteiger partial charge in [0, 0.05) is 38.4 Å². The fraction of sp³-hybridized carbons (Fsp3) is 0. The summed E-state index contributed by atoms with van der Waals surface area (Å²) in [6, 6.07) is 48.6. The third-order valence-electron chi connectivity index (χ3n) is 9.34. The molecule has 0 aliphatic heterocycles. The van der Waals surface area contributed by atoms with Crippen LogP contribution in [0.3, 0.4) is 0 Å². The number of fused-ring (bicyclic) bond motifs is 8. The van der Waals surface area contributed by atoms with E-state index in [0.29, 0.717) is 33.7 Å². The molecule has 0 amide bonds. The van der Waals surface area contributed by atoms with Gasteiger partial charge in [-0.15, -0.1) is 0 Å². The quantitative estimate of drug-likeness (QED) is 0.189. The van der Waals surface area contributed by atoms with Gasteiger partial charge in [-0.1, -0.05) is 133 Å². The first-order valence-electron chi connectivity index (χ1n) is 18.3. The summed E-state index contributed by atoms with van der Waals surface area (Å²) in [5.74, 6) is 0. The first-order valence-corrected chi connectivity index (χ1v) is 16.3. The largest absolute Gasteiger partial charge is 0.455 e. The van der Waals surface area contributed by atoms with Crippen LogP contribution in [0, 0.1) is 0 Å².